The molecule has 0 radical (unpaired) electrons. The predicted octanol–water partition coefficient (Wildman–Crippen LogP) is 3.03. The molecule has 0 saturated carbocycles. The summed E-state index contributed by atoms with van der Waals surface area (Å²) in [5.41, 5.74) is -0.426. The number of likely N-dealkylation sites (tertiary alicyclic amines) is 1. The maximum absolute atomic E-state index is 14.3. The van der Waals surface area contributed by atoms with E-state index in [4.69, 9.17) is 9.47 Å². The zero-order valence-electron chi connectivity index (χ0n) is 21.6. The van der Waals surface area contributed by atoms with Crippen molar-refractivity contribution in [1.29, 1.82) is 0 Å². The second-order valence-electron chi connectivity index (χ2n) is 10.1. The number of amides is 2. The molecular formula is C29H38N2O6. The van der Waals surface area contributed by atoms with Crippen molar-refractivity contribution >= 4 is 17.8 Å². The van der Waals surface area contributed by atoms with Crippen LogP contribution in [0.2, 0.25) is 0 Å². The summed E-state index contributed by atoms with van der Waals surface area (Å²) in [5.74, 6) is -2.69. The molecule has 3 aliphatic heterocycles. The molecule has 8 nitrogen and oxygen atoms in total. The van der Waals surface area contributed by atoms with E-state index in [2.05, 4.69) is 20.1 Å². The van der Waals surface area contributed by atoms with Gasteiger partial charge in [0.05, 0.1) is 37.2 Å². The van der Waals surface area contributed by atoms with Gasteiger partial charge in [-0.1, -0.05) is 55.8 Å². The maximum atomic E-state index is 14.3. The lowest BCUT2D eigenvalue weighted by atomic mass is 9.70. The van der Waals surface area contributed by atoms with Crippen LogP contribution in [-0.4, -0.2) is 76.7 Å². The van der Waals surface area contributed by atoms with Gasteiger partial charge in [-0.05, 0) is 31.2 Å². The van der Waals surface area contributed by atoms with E-state index in [1.54, 1.807) is 17.1 Å². The molecule has 3 aliphatic rings. The molecule has 8 heteroatoms. The molecule has 2 amide bonds. The van der Waals surface area contributed by atoms with Gasteiger partial charge in [0.2, 0.25) is 11.8 Å². The number of esters is 1. The van der Waals surface area contributed by atoms with Crippen LogP contribution in [0, 0.1) is 11.8 Å². The number of fused-ring (bicyclic) bond motifs is 1. The zero-order valence-corrected chi connectivity index (χ0v) is 21.6. The first-order valence-electron chi connectivity index (χ1n) is 13.3. The second-order valence-corrected chi connectivity index (χ2v) is 10.1. The highest BCUT2D eigenvalue weighted by molar-refractivity contribution is 5.98. The number of benzene rings is 1. The van der Waals surface area contributed by atoms with E-state index in [-0.39, 0.29) is 25.0 Å². The summed E-state index contributed by atoms with van der Waals surface area (Å²) in [5, 5.41) is 10.5. The molecule has 0 aliphatic carbocycles. The fraction of sp³-hybridized carbons (Fsp3) is 0.552. The summed E-state index contributed by atoms with van der Waals surface area (Å²) in [6.45, 7) is 10.2. The smallest absolute Gasteiger partial charge is 0.312 e. The molecule has 1 aromatic rings. The van der Waals surface area contributed by atoms with E-state index in [9.17, 15) is 19.5 Å². The lowest BCUT2D eigenvalue weighted by molar-refractivity contribution is -0.156. The van der Waals surface area contributed by atoms with Crippen molar-refractivity contribution in [3.05, 3.63) is 61.2 Å². The fourth-order valence-corrected chi connectivity index (χ4v) is 6.31. The largest absolute Gasteiger partial charge is 0.465 e. The van der Waals surface area contributed by atoms with Gasteiger partial charge in [0.1, 0.15) is 11.6 Å². The van der Waals surface area contributed by atoms with Gasteiger partial charge < -0.3 is 24.4 Å². The molecule has 0 aromatic heterocycles. The number of carbonyl (C=O) groups excluding carboxylic acids is 3. The van der Waals surface area contributed by atoms with E-state index in [0.29, 0.717) is 32.4 Å². The first-order chi connectivity index (χ1) is 17.9. The Labute approximate surface area is 218 Å². The van der Waals surface area contributed by atoms with E-state index in [1.807, 2.05) is 30.3 Å². The van der Waals surface area contributed by atoms with Gasteiger partial charge in [0.15, 0.2) is 0 Å². The molecular weight excluding hydrogens is 472 g/mol. The Hall–Kier alpha value is -2.97. The van der Waals surface area contributed by atoms with Crippen molar-refractivity contribution in [1.82, 2.24) is 9.80 Å². The molecule has 1 aromatic carbocycles. The Balaban J connectivity index is 1.77. The molecule has 37 heavy (non-hydrogen) atoms. The summed E-state index contributed by atoms with van der Waals surface area (Å²) < 4.78 is 12.0. The number of aliphatic hydroxyl groups excluding tert-OH is 1. The topological polar surface area (TPSA) is 96.4 Å². The molecule has 1 N–H and O–H groups in total. The number of hydrogen-bond acceptors (Lipinski definition) is 6. The fourth-order valence-electron chi connectivity index (χ4n) is 6.31. The van der Waals surface area contributed by atoms with Crippen LogP contribution in [0.25, 0.3) is 0 Å². The summed E-state index contributed by atoms with van der Waals surface area (Å²) in [7, 11) is 0. The van der Waals surface area contributed by atoms with E-state index in [1.165, 1.54) is 4.90 Å². The van der Waals surface area contributed by atoms with Gasteiger partial charge >= 0.3 is 5.97 Å². The third kappa shape index (κ3) is 4.73. The van der Waals surface area contributed by atoms with Crippen LogP contribution in [0.15, 0.2) is 55.6 Å². The second kappa shape index (κ2) is 11.6. The molecule has 3 heterocycles. The molecule has 200 valence electrons. The minimum absolute atomic E-state index is 0.180. The zero-order chi connectivity index (χ0) is 26.6. The summed E-state index contributed by atoms with van der Waals surface area (Å²) in [6.07, 6.45) is 6.14. The summed E-state index contributed by atoms with van der Waals surface area (Å²) in [6, 6.07) is 7.48. The molecule has 4 rings (SSSR count). The van der Waals surface area contributed by atoms with Crippen LogP contribution in [-0.2, 0) is 23.9 Å². The summed E-state index contributed by atoms with van der Waals surface area (Å²) >= 11 is 0. The number of rotatable bonds is 13. The maximum Gasteiger partial charge on any atom is 0.312 e. The average molecular weight is 511 g/mol. The number of carbonyl (C=O) groups is 3. The summed E-state index contributed by atoms with van der Waals surface area (Å²) in [4.78, 5) is 44.9. The van der Waals surface area contributed by atoms with Crippen molar-refractivity contribution in [3.8, 4) is 0 Å². The SMILES string of the molecule is C=CCCOC(=O)[C@@H]1[C@@H]2CCC3(O2)C(C(=O)N(CC=C)CCCC)N([C@H](CO)c2ccccc2)C(=O)[C@H]13. The van der Waals surface area contributed by atoms with Gasteiger partial charge in [-0.15, -0.1) is 13.2 Å². The Morgan fingerprint density at radius 3 is 2.70 bits per heavy atom. The molecule has 2 bridgehead atoms. The van der Waals surface area contributed by atoms with E-state index < -0.39 is 41.6 Å². The normalized spacial score (nSPS) is 28.6. The van der Waals surface area contributed by atoms with Crippen LogP contribution >= 0.6 is 0 Å². The number of unbranched alkanes of at least 4 members (excludes halogenated alkanes) is 1. The molecule has 3 saturated heterocycles. The van der Waals surface area contributed by atoms with Crippen LogP contribution in [0.1, 0.15) is 50.6 Å². The van der Waals surface area contributed by atoms with Crippen LogP contribution in [0.4, 0.5) is 0 Å². The monoisotopic (exact) mass is 510 g/mol. The lowest BCUT2D eigenvalue weighted by Crippen LogP contribution is -2.57. The minimum Gasteiger partial charge on any atom is -0.465 e. The van der Waals surface area contributed by atoms with Crippen molar-refractivity contribution in [3.63, 3.8) is 0 Å². The van der Waals surface area contributed by atoms with E-state index >= 15 is 0 Å². The van der Waals surface area contributed by atoms with E-state index in [0.717, 1.165) is 18.4 Å². The van der Waals surface area contributed by atoms with Crippen molar-refractivity contribution in [2.75, 3.05) is 26.3 Å². The van der Waals surface area contributed by atoms with Gasteiger partial charge in [-0.3, -0.25) is 14.4 Å². The Morgan fingerprint density at radius 2 is 2.05 bits per heavy atom. The van der Waals surface area contributed by atoms with Crippen LogP contribution < -0.4 is 0 Å². The highest BCUT2D eigenvalue weighted by Gasteiger charge is 2.75. The highest BCUT2D eigenvalue weighted by atomic mass is 16.6. The quantitative estimate of drug-likeness (QED) is 0.249. The van der Waals surface area contributed by atoms with Gasteiger partial charge in [0.25, 0.3) is 0 Å². The standard InChI is InChI=1S/C29H38N2O6/c1-4-7-17-30(16-6-3)27(34)25-29-15-14-22(37-29)23(28(35)36-18-8-5-2)24(29)26(33)31(25)21(19-32)20-12-10-9-11-13-20/h5-6,9-13,21-25,32H,2-4,7-8,14-19H2,1H3/t21-,22+,23-,24+,25?,29?/m1/s1. The lowest BCUT2D eigenvalue weighted by Gasteiger charge is -2.39. The van der Waals surface area contributed by atoms with Gasteiger partial charge in [0, 0.05) is 13.1 Å². The first kappa shape index (κ1) is 27.1. The minimum atomic E-state index is -1.14. The highest BCUT2D eigenvalue weighted by Crippen LogP contribution is 2.60. The number of aliphatic hydroxyl groups is 1. The predicted molar refractivity (Wildman–Crippen MR) is 138 cm³/mol. The third-order valence-electron chi connectivity index (χ3n) is 7.95. The Bertz CT molecular complexity index is 1010. The van der Waals surface area contributed by atoms with Crippen molar-refractivity contribution in [2.45, 2.75) is 62.8 Å². The molecule has 3 fully saturated rings. The molecule has 1 spiro atoms. The number of ether oxygens (including phenoxy) is 2. The third-order valence-corrected chi connectivity index (χ3v) is 7.95. The van der Waals surface area contributed by atoms with Crippen molar-refractivity contribution in [2.24, 2.45) is 11.8 Å². The van der Waals surface area contributed by atoms with Crippen LogP contribution in [0.3, 0.4) is 0 Å². The van der Waals surface area contributed by atoms with Crippen molar-refractivity contribution < 1.29 is 29.0 Å². The van der Waals surface area contributed by atoms with Crippen LogP contribution in [0.5, 0.6) is 0 Å². The molecule has 6 atom stereocenters. The Morgan fingerprint density at radius 1 is 1.30 bits per heavy atom. The van der Waals surface area contributed by atoms with Gasteiger partial charge in [-0.25, -0.2) is 0 Å². The molecule has 2 unspecified atom stereocenters. The number of hydrogen-bond donors (Lipinski definition) is 1. The Kier molecular flexibility index (Phi) is 8.49. The average Bonchev–Trinajstić information content (AvgIpc) is 3.55. The first-order valence-corrected chi connectivity index (χ1v) is 13.3. The number of nitrogens with zero attached hydrogens (tertiary/aromatic N) is 2. The van der Waals surface area contributed by atoms with Gasteiger partial charge in [-0.2, -0.15) is 0 Å².